The summed E-state index contributed by atoms with van der Waals surface area (Å²) < 4.78 is 0. The predicted molar refractivity (Wildman–Crippen MR) is 107 cm³/mol. The van der Waals surface area contributed by atoms with Crippen LogP contribution in [0.2, 0.25) is 0 Å². The van der Waals surface area contributed by atoms with Crippen molar-refractivity contribution in [1.29, 1.82) is 0 Å². The van der Waals surface area contributed by atoms with E-state index in [0.29, 0.717) is 18.8 Å². The van der Waals surface area contributed by atoms with E-state index >= 15 is 0 Å². The van der Waals surface area contributed by atoms with Crippen molar-refractivity contribution in [3.8, 4) is 0 Å². The molecule has 2 saturated heterocycles. The number of aryl methyl sites for hydroxylation is 2. The van der Waals surface area contributed by atoms with E-state index in [0.717, 1.165) is 50.9 Å². The highest BCUT2D eigenvalue weighted by molar-refractivity contribution is 5.94. The number of piperidine rings is 1. The molecule has 1 spiro atoms. The second-order valence-electron chi connectivity index (χ2n) is 8.18. The number of carbonyl (C=O) groups is 2. The lowest BCUT2D eigenvalue weighted by molar-refractivity contribution is -0.145. The van der Waals surface area contributed by atoms with Gasteiger partial charge in [0.2, 0.25) is 5.91 Å². The molecular weight excluding hydrogens is 352 g/mol. The van der Waals surface area contributed by atoms with Gasteiger partial charge in [-0.3, -0.25) is 14.7 Å². The van der Waals surface area contributed by atoms with Crippen LogP contribution >= 0.6 is 0 Å². The number of rotatable bonds is 5. The second-order valence-corrected chi connectivity index (χ2v) is 8.18. The van der Waals surface area contributed by atoms with E-state index in [2.05, 4.69) is 34.5 Å². The fourth-order valence-corrected chi connectivity index (χ4v) is 4.60. The molecule has 2 aliphatic rings. The van der Waals surface area contributed by atoms with Crippen molar-refractivity contribution in [1.82, 2.24) is 20.0 Å². The molecule has 0 radical (unpaired) electrons. The number of amides is 2. The van der Waals surface area contributed by atoms with Gasteiger partial charge in [0.15, 0.2) is 0 Å². The Morgan fingerprint density at radius 3 is 2.79 bits per heavy atom. The number of nitrogens with one attached hydrogen (secondary N) is 1. The molecule has 0 unspecified atom stereocenters. The number of benzene rings is 1. The number of hydrogen-bond acceptors (Lipinski definition) is 3. The van der Waals surface area contributed by atoms with Crippen LogP contribution < -0.4 is 0 Å². The first-order chi connectivity index (χ1) is 13.6. The molecule has 4 rings (SSSR count). The van der Waals surface area contributed by atoms with Gasteiger partial charge in [0, 0.05) is 31.9 Å². The van der Waals surface area contributed by atoms with Crippen molar-refractivity contribution in [2.24, 2.45) is 5.41 Å². The summed E-state index contributed by atoms with van der Waals surface area (Å²) >= 11 is 0. The quantitative estimate of drug-likeness (QED) is 0.867. The maximum atomic E-state index is 13.3. The third-order valence-corrected chi connectivity index (χ3v) is 6.13. The molecule has 28 heavy (non-hydrogen) atoms. The average molecular weight is 380 g/mol. The van der Waals surface area contributed by atoms with Gasteiger partial charge in [0.1, 0.15) is 5.69 Å². The molecule has 0 saturated carbocycles. The number of H-pyrrole nitrogens is 1. The van der Waals surface area contributed by atoms with Crippen LogP contribution in [0.1, 0.15) is 47.4 Å². The number of likely N-dealkylation sites (tertiary alicyclic amines) is 2. The molecule has 1 aromatic heterocycles. The van der Waals surface area contributed by atoms with Crippen LogP contribution in [-0.4, -0.2) is 58.0 Å². The zero-order valence-corrected chi connectivity index (χ0v) is 16.5. The van der Waals surface area contributed by atoms with Gasteiger partial charge in [-0.05, 0) is 50.7 Å². The van der Waals surface area contributed by atoms with Crippen molar-refractivity contribution in [3.05, 3.63) is 53.3 Å². The normalized spacial score (nSPS) is 22.2. The van der Waals surface area contributed by atoms with Gasteiger partial charge in [-0.25, -0.2) is 0 Å². The Morgan fingerprint density at radius 1 is 1.21 bits per heavy atom. The van der Waals surface area contributed by atoms with Gasteiger partial charge in [0.05, 0.1) is 5.41 Å². The van der Waals surface area contributed by atoms with E-state index in [9.17, 15) is 9.59 Å². The van der Waals surface area contributed by atoms with Gasteiger partial charge in [-0.15, -0.1) is 0 Å². The van der Waals surface area contributed by atoms with Crippen LogP contribution in [-0.2, 0) is 11.2 Å². The van der Waals surface area contributed by atoms with Crippen molar-refractivity contribution < 1.29 is 9.59 Å². The molecule has 6 nitrogen and oxygen atoms in total. The van der Waals surface area contributed by atoms with E-state index in [1.165, 1.54) is 5.56 Å². The highest BCUT2D eigenvalue weighted by Crippen LogP contribution is 2.40. The van der Waals surface area contributed by atoms with Crippen LogP contribution in [0.3, 0.4) is 0 Å². The molecule has 3 heterocycles. The minimum Gasteiger partial charge on any atom is -0.342 e. The summed E-state index contributed by atoms with van der Waals surface area (Å²) in [5, 5.41) is 6.91. The zero-order chi connectivity index (χ0) is 19.6. The van der Waals surface area contributed by atoms with Crippen molar-refractivity contribution in [3.63, 3.8) is 0 Å². The molecule has 2 amide bonds. The van der Waals surface area contributed by atoms with Gasteiger partial charge < -0.3 is 9.80 Å². The van der Waals surface area contributed by atoms with E-state index < -0.39 is 5.41 Å². The largest absolute Gasteiger partial charge is 0.342 e. The summed E-state index contributed by atoms with van der Waals surface area (Å²) in [6.07, 6.45) is 4.61. The minimum atomic E-state index is -0.397. The second kappa shape index (κ2) is 7.78. The third kappa shape index (κ3) is 3.68. The van der Waals surface area contributed by atoms with E-state index in [1.54, 1.807) is 11.0 Å². The molecular formula is C22H28N4O2. The minimum absolute atomic E-state index is 0.0739. The molecule has 2 fully saturated rings. The topological polar surface area (TPSA) is 69.3 Å². The maximum Gasteiger partial charge on any atom is 0.274 e. The molecule has 6 heteroatoms. The van der Waals surface area contributed by atoms with Crippen LogP contribution in [0, 0.1) is 12.3 Å². The summed E-state index contributed by atoms with van der Waals surface area (Å²) in [5.74, 6) is 0.163. The third-order valence-electron chi connectivity index (χ3n) is 6.13. The van der Waals surface area contributed by atoms with Crippen LogP contribution in [0.15, 0.2) is 36.4 Å². The zero-order valence-electron chi connectivity index (χ0n) is 16.5. The lowest BCUT2D eigenvalue weighted by Gasteiger charge is -2.39. The predicted octanol–water partition coefficient (Wildman–Crippen LogP) is 2.81. The SMILES string of the molecule is Cc1cc(C(=O)N2CC[C@]3(CCCN(CCCc4ccccc4)C3=O)C2)n[nH]1. The van der Waals surface area contributed by atoms with Crippen molar-refractivity contribution in [2.45, 2.75) is 39.0 Å². The van der Waals surface area contributed by atoms with E-state index in [1.807, 2.05) is 17.9 Å². The molecule has 1 atom stereocenters. The fraction of sp³-hybridized carbons (Fsp3) is 0.500. The Kier molecular flexibility index (Phi) is 5.20. The summed E-state index contributed by atoms with van der Waals surface area (Å²) in [7, 11) is 0. The standard InChI is InChI=1S/C22H28N4O2/c1-17-15-19(24-23-17)20(27)26-14-11-22(16-26)10-6-13-25(21(22)28)12-5-9-18-7-3-2-4-8-18/h2-4,7-8,15H,5-6,9-14,16H2,1H3,(H,23,24)/t22-/m1/s1. The Labute approximate surface area is 165 Å². The molecule has 1 N–H and O–H groups in total. The lowest BCUT2D eigenvalue weighted by atomic mass is 9.78. The first kappa shape index (κ1) is 18.7. The van der Waals surface area contributed by atoms with Crippen LogP contribution in [0.4, 0.5) is 0 Å². The van der Waals surface area contributed by atoms with Gasteiger partial charge >= 0.3 is 0 Å². The van der Waals surface area contributed by atoms with E-state index in [4.69, 9.17) is 0 Å². The molecule has 2 aromatic rings. The number of carbonyl (C=O) groups excluding carboxylic acids is 2. The van der Waals surface area contributed by atoms with Crippen molar-refractivity contribution >= 4 is 11.8 Å². The number of nitrogens with zero attached hydrogens (tertiary/aromatic N) is 3. The summed E-state index contributed by atoms with van der Waals surface area (Å²) in [5.41, 5.74) is 2.23. The molecule has 2 aliphatic heterocycles. The fourth-order valence-electron chi connectivity index (χ4n) is 4.60. The van der Waals surface area contributed by atoms with Crippen LogP contribution in [0.5, 0.6) is 0 Å². The average Bonchev–Trinajstić information content (AvgIpc) is 3.33. The summed E-state index contributed by atoms with van der Waals surface area (Å²) in [6, 6.07) is 12.2. The number of hydrogen-bond donors (Lipinski definition) is 1. The first-order valence-corrected chi connectivity index (χ1v) is 10.2. The lowest BCUT2D eigenvalue weighted by Crippen LogP contribution is -2.50. The highest BCUT2D eigenvalue weighted by Gasteiger charge is 2.49. The molecule has 0 aliphatic carbocycles. The molecule has 148 valence electrons. The first-order valence-electron chi connectivity index (χ1n) is 10.2. The summed E-state index contributed by atoms with van der Waals surface area (Å²) in [4.78, 5) is 29.8. The smallest absolute Gasteiger partial charge is 0.274 e. The van der Waals surface area contributed by atoms with Gasteiger partial charge in [0.25, 0.3) is 5.91 Å². The monoisotopic (exact) mass is 380 g/mol. The Hall–Kier alpha value is -2.63. The number of aromatic nitrogens is 2. The highest BCUT2D eigenvalue weighted by atomic mass is 16.2. The Bertz CT molecular complexity index is 847. The van der Waals surface area contributed by atoms with Gasteiger partial charge in [-0.2, -0.15) is 5.10 Å². The number of aromatic amines is 1. The summed E-state index contributed by atoms with van der Waals surface area (Å²) in [6.45, 7) is 4.66. The van der Waals surface area contributed by atoms with Crippen molar-refractivity contribution in [2.75, 3.05) is 26.2 Å². The molecule has 0 bridgehead atoms. The Balaban J connectivity index is 1.36. The Morgan fingerprint density at radius 2 is 2.04 bits per heavy atom. The maximum absolute atomic E-state index is 13.3. The molecule has 1 aromatic carbocycles. The van der Waals surface area contributed by atoms with Crippen LogP contribution in [0.25, 0.3) is 0 Å². The van der Waals surface area contributed by atoms with E-state index in [-0.39, 0.29) is 11.8 Å². The van der Waals surface area contributed by atoms with Gasteiger partial charge in [-0.1, -0.05) is 30.3 Å².